The van der Waals surface area contributed by atoms with Crippen LogP contribution in [-0.2, 0) is 5.41 Å². The van der Waals surface area contributed by atoms with Gasteiger partial charge in [-0.25, -0.2) is 15.0 Å². The van der Waals surface area contributed by atoms with Crippen LogP contribution in [0.2, 0.25) is 0 Å². The van der Waals surface area contributed by atoms with Crippen LogP contribution in [0.1, 0.15) is 26.6 Å². The number of hydrogen-bond donors (Lipinski definition) is 0. The molecule has 5 aromatic carbocycles. The summed E-state index contributed by atoms with van der Waals surface area (Å²) in [6.07, 6.45) is 0. The fourth-order valence-corrected chi connectivity index (χ4v) is 4.56. The maximum atomic E-state index is 4.96. The fourth-order valence-electron chi connectivity index (χ4n) is 4.56. The molecule has 0 aliphatic heterocycles. The van der Waals surface area contributed by atoms with Crippen LogP contribution in [0.15, 0.2) is 109 Å². The minimum atomic E-state index is -0.206. The highest BCUT2D eigenvalue weighted by molar-refractivity contribution is 5.95. The minimum absolute atomic E-state index is 0.206. The molecule has 0 fully saturated rings. The second kappa shape index (κ2) is 8.69. The molecule has 6 aromatic rings. The van der Waals surface area contributed by atoms with Crippen molar-refractivity contribution in [3.05, 3.63) is 115 Å². The van der Waals surface area contributed by atoms with Crippen LogP contribution in [-0.4, -0.2) is 15.0 Å². The van der Waals surface area contributed by atoms with Gasteiger partial charge in [0.2, 0.25) is 0 Å². The van der Waals surface area contributed by atoms with Gasteiger partial charge in [-0.2, -0.15) is 0 Å². The molecule has 0 spiro atoms. The van der Waals surface area contributed by atoms with E-state index in [2.05, 4.69) is 130 Å². The molecule has 3 heteroatoms. The molecule has 0 N–H and O–H groups in total. The molecule has 3 nitrogen and oxygen atoms in total. The van der Waals surface area contributed by atoms with E-state index in [9.17, 15) is 0 Å². The summed E-state index contributed by atoms with van der Waals surface area (Å²) >= 11 is 0. The largest absolute Gasteiger partial charge is 0.212 e. The van der Waals surface area contributed by atoms with Crippen molar-refractivity contribution in [3.63, 3.8) is 0 Å². The molecule has 0 unspecified atom stereocenters. The summed E-state index contributed by atoms with van der Waals surface area (Å²) in [4.78, 5) is 14.8. The van der Waals surface area contributed by atoms with Gasteiger partial charge in [0.1, 0.15) is 5.82 Å². The van der Waals surface area contributed by atoms with Gasteiger partial charge >= 0.3 is 0 Å². The Kier molecular flexibility index (Phi) is 5.34. The van der Waals surface area contributed by atoms with Crippen molar-refractivity contribution in [1.29, 1.82) is 0 Å². The minimum Gasteiger partial charge on any atom is -0.212 e. The van der Waals surface area contributed by atoms with Gasteiger partial charge in [-0.3, -0.25) is 0 Å². The highest BCUT2D eigenvalue weighted by Gasteiger charge is 2.21. The number of rotatable bonds is 3. The van der Waals surface area contributed by atoms with Crippen molar-refractivity contribution in [1.82, 2.24) is 15.0 Å². The maximum Gasteiger partial charge on any atom is 0.164 e. The summed E-state index contributed by atoms with van der Waals surface area (Å²) in [7, 11) is 0. The van der Waals surface area contributed by atoms with Crippen LogP contribution in [0.5, 0.6) is 0 Å². The van der Waals surface area contributed by atoms with E-state index < -0.39 is 0 Å². The third-order valence-electron chi connectivity index (χ3n) is 6.56. The molecule has 0 atom stereocenters. The van der Waals surface area contributed by atoms with Crippen molar-refractivity contribution >= 4 is 21.5 Å². The van der Waals surface area contributed by atoms with Gasteiger partial charge < -0.3 is 0 Å². The highest BCUT2D eigenvalue weighted by atomic mass is 15.0. The molecule has 0 radical (unpaired) electrons. The van der Waals surface area contributed by atoms with Gasteiger partial charge in [-0.1, -0.05) is 124 Å². The number of aromatic nitrogens is 3. The molecule has 36 heavy (non-hydrogen) atoms. The Morgan fingerprint density at radius 3 is 1.86 bits per heavy atom. The Bertz CT molecular complexity index is 1700. The Morgan fingerprint density at radius 2 is 1.08 bits per heavy atom. The Hall–Kier alpha value is -4.37. The lowest BCUT2D eigenvalue weighted by molar-refractivity contribution is 0.543. The molecular weight excluding hydrogens is 438 g/mol. The molecule has 6 rings (SSSR count). The van der Waals surface area contributed by atoms with E-state index in [1.807, 2.05) is 0 Å². The Balaban J connectivity index is 1.45. The zero-order valence-corrected chi connectivity index (χ0v) is 20.7. The van der Waals surface area contributed by atoms with Gasteiger partial charge in [-0.05, 0) is 38.7 Å². The predicted molar refractivity (Wildman–Crippen MR) is 150 cm³/mol. The maximum absolute atomic E-state index is 4.96. The topological polar surface area (TPSA) is 38.7 Å². The van der Waals surface area contributed by atoms with Crippen LogP contribution in [0.3, 0.4) is 0 Å². The summed E-state index contributed by atoms with van der Waals surface area (Å²) in [6.45, 7) is 6.42. The molecule has 0 saturated heterocycles. The van der Waals surface area contributed by atoms with Gasteiger partial charge in [-0.15, -0.1) is 0 Å². The third-order valence-corrected chi connectivity index (χ3v) is 6.56. The number of nitrogens with zero attached hydrogens (tertiary/aromatic N) is 3. The van der Waals surface area contributed by atoms with E-state index in [4.69, 9.17) is 15.0 Å². The van der Waals surface area contributed by atoms with Gasteiger partial charge in [0, 0.05) is 16.5 Å². The van der Waals surface area contributed by atoms with Crippen LogP contribution in [0.4, 0.5) is 0 Å². The first kappa shape index (κ1) is 22.1. The molecular formula is C33H27N3. The standard InChI is InChI=1S/C33H27N3/c1-33(2,3)32-35-30(34-31(36-32)29-14-8-12-24-10-6-7-13-28(24)29)25-18-15-23(16-19-25)27-20-17-22-9-4-5-11-26(22)21-27/h4-21H,1-3H3. The first-order valence-corrected chi connectivity index (χ1v) is 12.3. The molecule has 0 saturated carbocycles. The average Bonchev–Trinajstić information content (AvgIpc) is 2.92. The normalized spacial score (nSPS) is 11.8. The quantitative estimate of drug-likeness (QED) is 0.263. The summed E-state index contributed by atoms with van der Waals surface area (Å²) < 4.78 is 0. The van der Waals surface area contributed by atoms with Gasteiger partial charge in [0.15, 0.2) is 11.6 Å². The van der Waals surface area contributed by atoms with Crippen LogP contribution in [0.25, 0.3) is 55.4 Å². The van der Waals surface area contributed by atoms with Gasteiger partial charge in [0.05, 0.1) is 0 Å². The second-order valence-electron chi connectivity index (χ2n) is 10.2. The third kappa shape index (κ3) is 4.14. The lowest BCUT2D eigenvalue weighted by Gasteiger charge is -2.18. The van der Waals surface area contributed by atoms with Crippen LogP contribution in [0, 0.1) is 0 Å². The van der Waals surface area contributed by atoms with E-state index in [0.717, 1.165) is 22.3 Å². The molecule has 0 bridgehead atoms. The van der Waals surface area contributed by atoms with E-state index >= 15 is 0 Å². The Morgan fingerprint density at radius 1 is 0.472 bits per heavy atom. The lowest BCUT2D eigenvalue weighted by Crippen LogP contribution is -2.18. The van der Waals surface area contributed by atoms with Gasteiger partial charge in [0.25, 0.3) is 0 Å². The lowest BCUT2D eigenvalue weighted by atomic mass is 9.95. The average molecular weight is 466 g/mol. The molecule has 1 aromatic heterocycles. The molecule has 1 heterocycles. The number of benzene rings is 5. The molecule has 0 aliphatic carbocycles. The monoisotopic (exact) mass is 465 g/mol. The van der Waals surface area contributed by atoms with Crippen molar-refractivity contribution in [2.75, 3.05) is 0 Å². The number of hydrogen-bond acceptors (Lipinski definition) is 3. The first-order valence-electron chi connectivity index (χ1n) is 12.3. The van der Waals surface area contributed by atoms with Crippen LogP contribution >= 0.6 is 0 Å². The zero-order valence-electron chi connectivity index (χ0n) is 20.7. The Labute approximate surface area is 211 Å². The molecule has 174 valence electrons. The fraction of sp³-hybridized carbons (Fsp3) is 0.121. The van der Waals surface area contributed by atoms with Crippen molar-refractivity contribution < 1.29 is 0 Å². The number of fused-ring (bicyclic) bond motifs is 2. The summed E-state index contributed by atoms with van der Waals surface area (Å²) in [5.41, 5.74) is 4.16. The smallest absolute Gasteiger partial charge is 0.164 e. The highest BCUT2D eigenvalue weighted by Crippen LogP contribution is 2.31. The van der Waals surface area contributed by atoms with Crippen molar-refractivity contribution in [3.8, 4) is 33.9 Å². The molecule has 0 amide bonds. The predicted octanol–water partition coefficient (Wildman–Crippen LogP) is 8.48. The summed E-state index contributed by atoms with van der Waals surface area (Å²) in [5.74, 6) is 2.19. The van der Waals surface area contributed by atoms with E-state index in [0.29, 0.717) is 11.6 Å². The SMILES string of the molecule is CC(C)(C)c1nc(-c2ccc(-c3ccc4ccccc4c3)cc2)nc(-c2cccc3ccccc23)n1. The summed E-state index contributed by atoms with van der Waals surface area (Å²) in [5, 5.41) is 4.81. The van der Waals surface area contributed by atoms with E-state index in [-0.39, 0.29) is 5.41 Å². The summed E-state index contributed by atoms with van der Waals surface area (Å²) in [6, 6.07) is 38.2. The van der Waals surface area contributed by atoms with E-state index in [1.165, 1.54) is 27.3 Å². The molecule has 0 aliphatic rings. The second-order valence-corrected chi connectivity index (χ2v) is 10.2. The first-order chi connectivity index (χ1) is 17.5. The van der Waals surface area contributed by atoms with Crippen molar-refractivity contribution in [2.24, 2.45) is 0 Å². The van der Waals surface area contributed by atoms with E-state index in [1.54, 1.807) is 0 Å². The zero-order chi connectivity index (χ0) is 24.7. The van der Waals surface area contributed by atoms with Crippen molar-refractivity contribution in [2.45, 2.75) is 26.2 Å². The van der Waals surface area contributed by atoms with Crippen LogP contribution < -0.4 is 0 Å².